The smallest absolute Gasteiger partial charge is 0.243 e. The lowest BCUT2D eigenvalue weighted by Gasteiger charge is -2.43. The van der Waals surface area contributed by atoms with Crippen LogP contribution in [0.25, 0.3) is 0 Å². The lowest BCUT2D eigenvalue weighted by atomic mass is 9.68. The summed E-state index contributed by atoms with van der Waals surface area (Å²) in [6.45, 7) is 3.45. The van der Waals surface area contributed by atoms with Crippen LogP contribution < -0.4 is 5.32 Å². The van der Waals surface area contributed by atoms with Crippen LogP contribution in [0.3, 0.4) is 0 Å². The minimum absolute atomic E-state index is 0.318. The van der Waals surface area contributed by atoms with Crippen molar-refractivity contribution in [3.63, 3.8) is 0 Å². The van der Waals surface area contributed by atoms with Crippen LogP contribution in [0.1, 0.15) is 67.2 Å². The summed E-state index contributed by atoms with van der Waals surface area (Å²) in [5, 5.41) is 3.84. The van der Waals surface area contributed by atoms with Gasteiger partial charge in [-0.05, 0) is 92.0 Å². The molecule has 4 nitrogen and oxygen atoms in total. The summed E-state index contributed by atoms with van der Waals surface area (Å²) in [7, 11) is -3.40. The molecule has 2 aromatic carbocycles. The molecule has 3 fully saturated rings. The number of hydrogen-bond donors (Lipinski definition) is 1. The Morgan fingerprint density at radius 1 is 0.935 bits per heavy atom. The molecular formula is C26H32N2O2S. The number of nitrogens with one attached hydrogen (secondary N) is 1. The van der Waals surface area contributed by atoms with Crippen molar-refractivity contribution >= 4 is 15.7 Å². The molecule has 0 radical (unpaired) electrons. The number of anilines is 1. The summed E-state index contributed by atoms with van der Waals surface area (Å²) >= 11 is 0. The van der Waals surface area contributed by atoms with E-state index in [0.29, 0.717) is 41.8 Å². The predicted molar refractivity (Wildman–Crippen MR) is 124 cm³/mol. The molecule has 2 heterocycles. The number of nitrogens with zero attached hydrogens (tertiary/aromatic N) is 1. The van der Waals surface area contributed by atoms with Crippen molar-refractivity contribution in [2.24, 2.45) is 17.8 Å². The summed E-state index contributed by atoms with van der Waals surface area (Å²) in [4.78, 5) is 0.491. The van der Waals surface area contributed by atoms with E-state index in [1.807, 2.05) is 18.2 Å². The van der Waals surface area contributed by atoms with E-state index in [1.54, 1.807) is 4.31 Å². The molecule has 1 N–H and O–H groups in total. The molecule has 0 amide bonds. The Kier molecular flexibility index (Phi) is 4.69. The largest absolute Gasteiger partial charge is 0.378 e. The summed E-state index contributed by atoms with van der Waals surface area (Å²) in [6, 6.07) is 15.2. The van der Waals surface area contributed by atoms with Crippen LogP contribution in [-0.2, 0) is 10.0 Å². The molecule has 5 unspecified atom stereocenters. The number of benzene rings is 2. The van der Waals surface area contributed by atoms with Gasteiger partial charge in [-0.15, -0.1) is 0 Å². The van der Waals surface area contributed by atoms with Crippen LogP contribution in [0.4, 0.5) is 5.69 Å². The van der Waals surface area contributed by atoms with Gasteiger partial charge in [0.25, 0.3) is 0 Å². The molecule has 0 spiro atoms. The molecule has 2 aliphatic heterocycles. The van der Waals surface area contributed by atoms with Gasteiger partial charge in [0, 0.05) is 18.8 Å². The van der Waals surface area contributed by atoms with E-state index in [0.717, 1.165) is 30.9 Å². The first kappa shape index (κ1) is 19.8. The Morgan fingerprint density at radius 3 is 2.45 bits per heavy atom. The number of rotatable bonds is 3. The molecule has 164 valence electrons. The van der Waals surface area contributed by atoms with Crippen molar-refractivity contribution in [3.8, 4) is 0 Å². The molecule has 2 aliphatic carbocycles. The number of fused-ring (bicyclic) bond motifs is 7. The molecule has 2 aromatic rings. The summed E-state index contributed by atoms with van der Waals surface area (Å²) < 4.78 is 28.4. The van der Waals surface area contributed by atoms with Gasteiger partial charge in [0.2, 0.25) is 10.0 Å². The van der Waals surface area contributed by atoms with E-state index in [1.165, 1.54) is 36.0 Å². The van der Waals surface area contributed by atoms with Crippen molar-refractivity contribution < 1.29 is 8.42 Å². The Balaban J connectivity index is 1.41. The third-order valence-corrected chi connectivity index (χ3v) is 10.3. The average molecular weight is 437 g/mol. The predicted octanol–water partition coefficient (Wildman–Crippen LogP) is 5.47. The lowest BCUT2D eigenvalue weighted by Crippen LogP contribution is -2.37. The van der Waals surface area contributed by atoms with Crippen molar-refractivity contribution in [2.45, 2.75) is 62.3 Å². The highest BCUT2D eigenvalue weighted by Crippen LogP contribution is 2.63. The van der Waals surface area contributed by atoms with Gasteiger partial charge < -0.3 is 5.32 Å². The first-order valence-corrected chi connectivity index (χ1v) is 13.4. The number of sulfonamides is 1. The van der Waals surface area contributed by atoms with Gasteiger partial charge in [-0.1, -0.05) is 36.2 Å². The standard InChI is InChI=1S/C26H32N2O2S/c1-17-5-7-18(8-6-17)26-25-20-10-9-19(15-20)24(25)22-16-21(11-12-23(22)27-26)31(29,30)28-13-3-2-4-14-28/h5-8,11-12,16,19-20,24-27H,2-4,9-10,13-15H2,1H3. The zero-order valence-electron chi connectivity index (χ0n) is 18.3. The second-order valence-electron chi connectivity index (χ2n) is 10.2. The summed E-state index contributed by atoms with van der Waals surface area (Å²) in [5.41, 5.74) is 5.04. The molecule has 31 heavy (non-hydrogen) atoms. The van der Waals surface area contributed by atoms with Gasteiger partial charge in [-0.2, -0.15) is 4.31 Å². The third kappa shape index (κ3) is 3.15. The van der Waals surface area contributed by atoms with Gasteiger partial charge in [-0.25, -0.2) is 8.42 Å². The van der Waals surface area contributed by atoms with E-state index in [2.05, 4.69) is 36.5 Å². The van der Waals surface area contributed by atoms with E-state index in [9.17, 15) is 8.42 Å². The monoisotopic (exact) mass is 436 g/mol. The van der Waals surface area contributed by atoms with E-state index in [4.69, 9.17) is 0 Å². The minimum Gasteiger partial charge on any atom is -0.378 e. The molecule has 5 heteroatoms. The molecule has 2 bridgehead atoms. The second kappa shape index (κ2) is 7.35. The maximum absolute atomic E-state index is 13.3. The van der Waals surface area contributed by atoms with Gasteiger partial charge in [0.1, 0.15) is 0 Å². The van der Waals surface area contributed by atoms with Crippen molar-refractivity contribution in [3.05, 3.63) is 59.2 Å². The van der Waals surface area contributed by atoms with Crippen molar-refractivity contribution in [1.29, 1.82) is 0 Å². The highest BCUT2D eigenvalue weighted by molar-refractivity contribution is 7.89. The first-order valence-electron chi connectivity index (χ1n) is 12.0. The van der Waals surface area contributed by atoms with Crippen molar-refractivity contribution in [2.75, 3.05) is 18.4 Å². The van der Waals surface area contributed by atoms with Gasteiger partial charge >= 0.3 is 0 Å². The zero-order valence-corrected chi connectivity index (χ0v) is 19.1. The average Bonchev–Trinajstić information content (AvgIpc) is 3.42. The maximum Gasteiger partial charge on any atom is 0.243 e. The Bertz CT molecular complexity index is 1090. The minimum atomic E-state index is -3.40. The Morgan fingerprint density at radius 2 is 1.68 bits per heavy atom. The van der Waals surface area contributed by atoms with Crippen LogP contribution in [0.2, 0.25) is 0 Å². The van der Waals surface area contributed by atoms with Crippen LogP contribution in [0.15, 0.2) is 47.4 Å². The highest BCUT2D eigenvalue weighted by atomic mass is 32.2. The SMILES string of the molecule is Cc1ccc(C2Nc3ccc(S(=O)(=O)N4CCCCC4)cc3C3C4CCC(C4)C23)cc1. The molecule has 1 saturated heterocycles. The fraction of sp³-hybridized carbons (Fsp3) is 0.538. The summed E-state index contributed by atoms with van der Waals surface area (Å²) in [6.07, 6.45) is 6.97. The third-order valence-electron chi connectivity index (χ3n) is 8.45. The molecule has 2 saturated carbocycles. The maximum atomic E-state index is 13.3. The lowest BCUT2D eigenvalue weighted by molar-refractivity contribution is 0.247. The first-order chi connectivity index (χ1) is 15.0. The van der Waals surface area contributed by atoms with Crippen molar-refractivity contribution in [1.82, 2.24) is 4.31 Å². The number of piperidine rings is 1. The second-order valence-corrected chi connectivity index (χ2v) is 12.1. The summed E-state index contributed by atoms with van der Waals surface area (Å²) in [5.74, 6) is 2.46. The van der Waals surface area contributed by atoms with Crippen LogP contribution >= 0.6 is 0 Å². The zero-order chi connectivity index (χ0) is 21.2. The van der Waals surface area contributed by atoms with Gasteiger partial charge in [-0.3, -0.25) is 0 Å². The van der Waals surface area contributed by atoms with Crippen LogP contribution in [0, 0.1) is 24.7 Å². The fourth-order valence-corrected chi connectivity index (χ4v) is 8.54. The Labute approximate surface area is 186 Å². The number of hydrogen-bond acceptors (Lipinski definition) is 3. The van der Waals surface area contributed by atoms with E-state index in [-0.39, 0.29) is 0 Å². The molecule has 4 aliphatic rings. The van der Waals surface area contributed by atoms with Crippen LogP contribution in [-0.4, -0.2) is 25.8 Å². The quantitative estimate of drug-likeness (QED) is 0.694. The topological polar surface area (TPSA) is 49.4 Å². The Hall–Kier alpha value is -1.85. The molecular weight excluding hydrogens is 404 g/mol. The van der Waals surface area contributed by atoms with Crippen LogP contribution in [0.5, 0.6) is 0 Å². The van der Waals surface area contributed by atoms with E-state index >= 15 is 0 Å². The van der Waals surface area contributed by atoms with E-state index < -0.39 is 10.0 Å². The highest BCUT2D eigenvalue weighted by Gasteiger charge is 2.54. The van der Waals surface area contributed by atoms with Gasteiger partial charge in [0.15, 0.2) is 0 Å². The number of aryl methyl sites for hydroxylation is 1. The molecule has 6 rings (SSSR count). The van der Waals surface area contributed by atoms with Gasteiger partial charge in [0.05, 0.1) is 10.9 Å². The molecule has 5 atom stereocenters. The molecule has 0 aromatic heterocycles. The fourth-order valence-electron chi connectivity index (χ4n) is 6.98. The normalized spacial score (nSPS) is 32.4.